The van der Waals surface area contributed by atoms with E-state index in [0.717, 1.165) is 5.56 Å². The SMILES string of the molecule is CCONC(=O)c1ccc(Cl)cc1C. The second kappa shape index (κ2) is 4.98. The Morgan fingerprint density at radius 3 is 2.86 bits per heavy atom. The highest BCUT2D eigenvalue weighted by Gasteiger charge is 2.08. The number of benzene rings is 1. The van der Waals surface area contributed by atoms with E-state index in [1.807, 2.05) is 6.92 Å². The third-order valence-electron chi connectivity index (χ3n) is 1.74. The van der Waals surface area contributed by atoms with E-state index >= 15 is 0 Å². The number of hydroxylamine groups is 1. The highest BCUT2D eigenvalue weighted by Crippen LogP contribution is 2.14. The van der Waals surface area contributed by atoms with Crippen molar-refractivity contribution in [2.75, 3.05) is 6.61 Å². The molecular formula is C10H12ClNO2. The molecule has 0 radical (unpaired) electrons. The van der Waals surface area contributed by atoms with Gasteiger partial charge >= 0.3 is 0 Å². The second-order valence-electron chi connectivity index (χ2n) is 2.82. The van der Waals surface area contributed by atoms with E-state index in [1.54, 1.807) is 25.1 Å². The molecule has 0 heterocycles. The molecule has 0 aliphatic heterocycles. The maximum absolute atomic E-state index is 11.5. The number of hydrogen-bond donors (Lipinski definition) is 1. The van der Waals surface area contributed by atoms with Crippen LogP contribution < -0.4 is 5.48 Å². The van der Waals surface area contributed by atoms with E-state index in [-0.39, 0.29) is 5.91 Å². The maximum Gasteiger partial charge on any atom is 0.275 e. The minimum Gasteiger partial charge on any atom is -0.274 e. The first kappa shape index (κ1) is 11.0. The zero-order valence-electron chi connectivity index (χ0n) is 8.13. The molecule has 4 heteroatoms. The quantitative estimate of drug-likeness (QED) is 0.783. The summed E-state index contributed by atoms with van der Waals surface area (Å²) in [5.74, 6) is -0.249. The molecule has 0 unspecified atom stereocenters. The molecule has 3 nitrogen and oxygen atoms in total. The van der Waals surface area contributed by atoms with Gasteiger partial charge in [0.2, 0.25) is 0 Å². The summed E-state index contributed by atoms with van der Waals surface area (Å²) < 4.78 is 0. The summed E-state index contributed by atoms with van der Waals surface area (Å²) in [4.78, 5) is 16.3. The normalized spacial score (nSPS) is 9.93. The lowest BCUT2D eigenvalue weighted by molar-refractivity contribution is 0.0364. The Bertz CT molecular complexity index is 339. The van der Waals surface area contributed by atoms with Crippen molar-refractivity contribution in [1.29, 1.82) is 0 Å². The van der Waals surface area contributed by atoms with Crippen LogP contribution >= 0.6 is 11.6 Å². The summed E-state index contributed by atoms with van der Waals surface area (Å²) in [6.07, 6.45) is 0. The smallest absolute Gasteiger partial charge is 0.274 e. The summed E-state index contributed by atoms with van der Waals surface area (Å²) in [6.45, 7) is 4.07. The Morgan fingerprint density at radius 1 is 1.57 bits per heavy atom. The Hall–Kier alpha value is -1.06. The molecule has 0 atom stereocenters. The molecule has 0 fully saturated rings. The molecule has 0 saturated heterocycles. The zero-order chi connectivity index (χ0) is 10.6. The van der Waals surface area contributed by atoms with Gasteiger partial charge in [-0.15, -0.1) is 0 Å². The number of halogens is 1. The van der Waals surface area contributed by atoms with E-state index in [1.165, 1.54) is 0 Å². The van der Waals surface area contributed by atoms with Gasteiger partial charge in [-0.1, -0.05) is 11.6 Å². The van der Waals surface area contributed by atoms with Crippen molar-refractivity contribution in [2.24, 2.45) is 0 Å². The van der Waals surface area contributed by atoms with E-state index in [9.17, 15) is 4.79 Å². The average Bonchev–Trinajstić information content (AvgIpc) is 2.14. The molecule has 1 aromatic rings. The topological polar surface area (TPSA) is 38.3 Å². The van der Waals surface area contributed by atoms with Crippen molar-refractivity contribution in [1.82, 2.24) is 5.48 Å². The van der Waals surface area contributed by atoms with Crippen LogP contribution in [0.25, 0.3) is 0 Å². The first-order chi connectivity index (χ1) is 6.65. The minimum atomic E-state index is -0.249. The van der Waals surface area contributed by atoms with Gasteiger partial charge in [-0.25, -0.2) is 5.48 Å². The van der Waals surface area contributed by atoms with Gasteiger partial charge in [0.1, 0.15) is 0 Å². The third kappa shape index (κ3) is 2.72. The summed E-state index contributed by atoms with van der Waals surface area (Å²) in [6, 6.07) is 5.09. The molecule has 0 aromatic heterocycles. The molecule has 0 aliphatic carbocycles. The van der Waals surface area contributed by atoms with Crippen LogP contribution in [0.4, 0.5) is 0 Å². The number of aryl methyl sites for hydroxylation is 1. The van der Waals surface area contributed by atoms with Crippen molar-refractivity contribution in [3.8, 4) is 0 Å². The molecule has 1 aromatic carbocycles. The van der Waals surface area contributed by atoms with Crippen molar-refractivity contribution >= 4 is 17.5 Å². The Morgan fingerprint density at radius 2 is 2.29 bits per heavy atom. The molecule has 1 amide bonds. The first-order valence-corrected chi connectivity index (χ1v) is 4.71. The van der Waals surface area contributed by atoms with E-state index < -0.39 is 0 Å². The van der Waals surface area contributed by atoms with Gasteiger partial charge < -0.3 is 0 Å². The second-order valence-corrected chi connectivity index (χ2v) is 3.26. The summed E-state index contributed by atoms with van der Waals surface area (Å²) in [5.41, 5.74) is 3.73. The fourth-order valence-corrected chi connectivity index (χ4v) is 1.30. The lowest BCUT2D eigenvalue weighted by Gasteiger charge is -2.06. The van der Waals surface area contributed by atoms with Gasteiger partial charge in [0.15, 0.2) is 0 Å². The van der Waals surface area contributed by atoms with E-state index in [2.05, 4.69) is 5.48 Å². The largest absolute Gasteiger partial charge is 0.275 e. The molecule has 0 spiro atoms. The zero-order valence-corrected chi connectivity index (χ0v) is 8.89. The number of hydrogen-bond acceptors (Lipinski definition) is 2. The van der Waals surface area contributed by atoms with Crippen molar-refractivity contribution in [2.45, 2.75) is 13.8 Å². The molecule has 0 aliphatic rings. The summed E-state index contributed by atoms with van der Waals surface area (Å²) in [7, 11) is 0. The molecular weight excluding hydrogens is 202 g/mol. The maximum atomic E-state index is 11.5. The first-order valence-electron chi connectivity index (χ1n) is 4.33. The van der Waals surface area contributed by atoms with Crippen molar-refractivity contribution in [3.05, 3.63) is 34.3 Å². The molecule has 1 N–H and O–H groups in total. The highest BCUT2D eigenvalue weighted by atomic mass is 35.5. The number of carbonyl (C=O) groups excluding carboxylic acids is 1. The fourth-order valence-electron chi connectivity index (χ4n) is 1.07. The Balaban J connectivity index is 2.80. The number of nitrogens with one attached hydrogen (secondary N) is 1. The van der Waals surface area contributed by atoms with Gasteiger partial charge in [-0.05, 0) is 37.6 Å². The fraction of sp³-hybridized carbons (Fsp3) is 0.300. The Labute approximate surface area is 88.0 Å². The van der Waals surface area contributed by atoms with Crippen LogP contribution in [-0.4, -0.2) is 12.5 Å². The van der Waals surface area contributed by atoms with Crippen LogP contribution in [0.2, 0.25) is 5.02 Å². The molecule has 1 rings (SSSR count). The highest BCUT2D eigenvalue weighted by molar-refractivity contribution is 6.30. The van der Waals surface area contributed by atoms with Crippen LogP contribution in [0, 0.1) is 6.92 Å². The molecule has 0 bridgehead atoms. The standard InChI is InChI=1S/C10H12ClNO2/c1-3-14-12-10(13)9-5-4-8(11)6-7(9)2/h4-6H,3H2,1-2H3,(H,12,13). The molecule has 76 valence electrons. The van der Waals surface area contributed by atoms with Gasteiger partial charge in [0.25, 0.3) is 5.91 Å². The molecule has 14 heavy (non-hydrogen) atoms. The van der Waals surface area contributed by atoms with Crippen LogP contribution in [-0.2, 0) is 4.84 Å². The van der Waals surface area contributed by atoms with Gasteiger partial charge in [0, 0.05) is 10.6 Å². The van der Waals surface area contributed by atoms with Gasteiger partial charge in [-0.3, -0.25) is 9.63 Å². The van der Waals surface area contributed by atoms with Crippen molar-refractivity contribution in [3.63, 3.8) is 0 Å². The number of rotatable bonds is 3. The monoisotopic (exact) mass is 213 g/mol. The predicted octanol–water partition coefficient (Wildman–Crippen LogP) is 2.33. The van der Waals surface area contributed by atoms with Gasteiger partial charge in [-0.2, -0.15) is 0 Å². The van der Waals surface area contributed by atoms with E-state index in [4.69, 9.17) is 16.4 Å². The average molecular weight is 214 g/mol. The van der Waals surface area contributed by atoms with Crippen LogP contribution in [0.5, 0.6) is 0 Å². The third-order valence-corrected chi connectivity index (χ3v) is 1.98. The van der Waals surface area contributed by atoms with Gasteiger partial charge in [0.05, 0.1) is 6.61 Å². The van der Waals surface area contributed by atoms with Crippen molar-refractivity contribution < 1.29 is 9.63 Å². The lowest BCUT2D eigenvalue weighted by Crippen LogP contribution is -2.24. The molecule has 0 saturated carbocycles. The predicted molar refractivity (Wildman–Crippen MR) is 55.3 cm³/mol. The van der Waals surface area contributed by atoms with Crippen LogP contribution in [0.3, 0.4) is 0 Å². The summed E-state index contributed by atoms with van der Waals surface area (Å²) in [5, 5.41) is 0.621. The lowest BCUT2D eigenvalue weighted by atomic mass is 10.1. The summed E-state index contributed by atoms with van der Waals surface area (Å²) >= 11 is 5.76. The van der Waals surface area contributed by atoms with Crippen LogP contribution in [0.1, 0.15) is 22.8 Å². The van der Waals surface area contributed by atoms with E-state index in [0.29, 0.717) is 17.2 Å². The minimum absolute atomic E-state index is 0.249. The van der Waals surface area contributed by atoms with Crippen LogP contribution in [0.15, 0.2) is 18.2 Å². The number of amides is 1. The Kier molecular flexibility index (Phi) is 3.92. The number of carbonyl (C=O) groups is 1.